The molecule has 2 heterocycles. The third-order valence-electron chi connectivity index (χ3n) is 4.65. The van der Waals surface area contributed by atoms with Crippen LogP contribution in [0.25, 0.3) is 0 Å². The van der Waals surface area contributed by atoms with E-state index >= 15 is 0 Å². The molecule has 3 rings (SSSR count). The highest BCUT2D eigenvalue weighted by Gasteiger charge is 2.20. The summed E-state index contributed by atoms with van der Waals surface area (Å²) in [5, 5.41) is 14.9. The molecule has 1 aromatic carbocycles. The average molecular weight is 359 g/mol. The second-order valence-electron chi connectivity index (χ2n) is 6.24. The molecular weight excluding hydrogens is 334 g/mol. The third-order valence-corrected chi connectivity index (χ3v) is 5.51. The Morgan fingerprint density at radius 1 is 1.24 bits per heavy atom. The monoisotopic (exact) mass is 359 g/mol. The average Bonchev–Trinajstić information content (AvgIpc) is 3.09. The lowest BCUT2D eigenvalue weighted by Crippen LogP contribution is -2.47. The van der Waals surface area contributed by atoms with E-state index in [9.17, 15) is 5.21 Å². The molecule has 0 aliphatic carbocycles. The summed E-state index contributed by atoms with van der Waals surface area (Å²) in [6, 6.07) is 10.3. The first kappa shape index (κ1) is 17.8. The van der Waals surface area contributed by atoms with Gasteiger partial charge < -0.3 is 14.8 Å². The Labute approximate surface area is 153 Å². The summed E-state index contributed by atoms with van der Waals surface area (Å²) < 4.78 is 5.47. The highest BCUT2D eigenvalue weighted by Crippen LogP contribution is 2.28. The van der Waals surface area contributed by atoms with Crippen molar-refractivity contribution in [3.63, 3.8) is 0 Å². The fraction of sp³-hybridized carbons (Fsp3) is 0.421. The molecular formula is C19H25N3O2S. The summed E-state index contributed by atoms with van der Waals surface area (Å²) in [6.07, 6.45) is 0.765. The van der Waals surface area contributed by atoms with Crippen molar-refractivity contribution in [2.45, 2.75) is 13.3 Å². The molecule has 1 fully saturated rings. The van der Waals surface area contributed by atoms with Gasteiger partial charge in [-0.05, 0) is 25.1 Å². The quantitative estimate of drug-likeness (QED) is 0.487. The minimum atomic E-state index is 0.765. The first-order chi connectivity index (χ1) is 12.2. The van der Waals surface area contributed by atoms with Gasteiger partial charge in [0.05, 0.1) is 18.5 Å². The predicted octanol–water partition coefficient (Wildman–Crippen LogP) is 3.46. The van der Waals surface area contributed by atoms with Crippen molar-refractivity contribution in [2.75, 3.05) is 44.7 Å². The second kappa shape index (κ2) is 8.36. The Bertz CT molecular complexity index is 721. The number of anilines is 1. The highest BCUT2D eigenvalue weighted by molar-refractivity contribution is 7.10. The number of oxime groups is 1. The van der Waals surface area contributed by atoms with E-state index in [2.05, 4.69) is 45.5 Å². The summed E-state index contributed by atoms with van der Waals surface area (Å²) in [5.74, 6) is 0.929. The van der Waals surface area contributed by atoms with E-state index in [0.717, 1.165) is 61.9 Å². The molecule has 0 unspecified atom stereocenters. The van der Waals surface area contributed by atoms with Crippen molar-refractivity contribution >= 4 is 22.7 Å². The highest BCUT2D eigenvalue weighted by atomic mass is 32.1. The Morgan fingerprint density at radius 2 is 2.00 bits per heavy atom. The van der Waals surface area contributed by atoms with Crippen LogP contribution in [0.4, 0.5) is 5.69 Å². The maximum absolute atomic E-state index is 9.32. The number of benzene rings is 1. The molecule has 1 N–H and O–H groups in total. The molecule has 1 aliphatic rings. The van der Waals surface area contributed by atoms with Gasteiger partial charge >= 0.3 is 0 Å². The van der Waals surface area contributed by atoms with Gasteiger partial charge in [-0.2, -0.15) is 0 Å². The van der Waals surface area contributed by atoms with E-state index in [-0.39, 0.29) is 0 Å². The number of para-hydroxylation sites is 2. The smallest absolute Gasteiger partial charge is 0.142 e. The zero-order valence-corrected chi connectivity index (χ0v) is 15.6. The molecule has 0 saturated carbocycles. The molecule has 0 radical (unpaired) electrons. The van der Waals surface area contributed by atoms with Gasteiger partial charge in [0, 0.05) is 55.0 Å². The number of piperazine rings is 1. The summed E-state index contributed by atoms with van der Waals surface area (Å²) in [6.45, 7) is 6.93. The third kappa shape index (κ3) is 4.32. The zero-order chi connectivity index (χ0) is 17.6. The van der Waals surface area contributed by atoms with Crippen LogP contribution in [-0.4, -0.2) is 55.7 Å². The van der Waals surface area contributed by atoms with Crippen LogP contribution in [-0.2, 0) is 0 Å². The zero-order valence-electron chi connectivity index (χ0n) is 14.8. The Kier molecular flexibility index (Phi) is 5.94. The number of hydrogen-bond donors (Lipinski definition) is 1. The standard InChI is InChI=1S/C19H25N3O2S/c1-15-13-16(14-25-15)17(20-23)7-8-21-9-11-22(12-10-21)18-5-3-4-6-19(18)24-2/h3-6,13-14,23H,7-12H2,1-2H3/b20-17+. The van der Waals surface area contributed by atoms with Crippen LogP contribution in [0.2, 0.25) is 0 Å². The fourth-order valence-electron chi connectivity index (χ4n) is 3.21. The molecule has 2 aromatic rings. The van der Waals surface area contributed by atoms with Gasteiger partial charge in [0.2, 0.25) is 0 Å². The lowest BCUT2D eigenvalue weighted by Gasteiger charge is -2.36. The molecule has 25 heavy (non-hydrogen) atoms. The van der Waals surface area contributed by atoms with Crippen molar-refractivity contribution in [2.24, 2.45) is 5.16 Å². The van der Waals surface area contributed by atoms with Crippen molar-refractivity contribution in [1.82, 2.24) is 4.90 Å². The number of thiophene rings is 1. The summed E-state index contributed by atoms with van der Waals surface area (Å²) >= 11 is 1.69. The van der Waals surface area contributed by atoms with E-state index in [4.69, 9.17) is 4.74 Å². The van der Waals surface area contributed by atoms with Crippen LogP contribution in [0.1, 0.15) is 16.9 Å². The second-order valence-corrected chi connectivity index (χ2v) is 7.36. The number of aryl methyl sites for hydroxylation is 1. The van der Waals surface area contributed by atoms with Gasteiger partial charge in [-0.3, -0.25) is 4.90 Å². The van der Waals surface area contributed by atoms with E-state index in [0.29, 0.717) is 0 Å². The van der Waals surface area contributed by atoms with Gasteiger partial charge in [-0.25, -0.2) is 0 Å². The molecule has 1 aromatic heterocycles. The molecule has 0 atom stereocenters. The van der Waals surface area contributed by atoms with Crippen molar-refractivity contribution < 1.29 is 9.94 Å². The van der Waals surface area contributed by atoms with E-state index in [1.165, 1.54) is 4.88 Å². The van der Waals surface area contributed by atoms with Crippen molar-refractivity contribution in [3.8, 4) is 5.75 Å². The number of rotatable bonds is 6. The molecule has 0 amide bonds. The lowest BCUT2D eigenvalue weighted by atomic mass is 10.1. The van der Waals surface area contributed by atoms with Gasteiger partial charge in [0.25, 0.3) is 0 Å². The van der Waals surface area contributed by atoms with Crippen LogP contribution >= 0.6 is 11.3 Å². The van der Waals surface area contributed by atoms with Crippen molar-refractivity contribution in [3.05, 3.63) is 46.2 Å². The lowest BCUT2D eigenvalue weighted by molar-refractivity contribution is 0.262. The molecule has 0 spiro atoms. The van der Waals surface area contributed by atoms with E-state index in [1.807, 2.05) is 12.1 Å². The SMILES string of the molecule is COc1ccccc1N1CCN(CC/C(=N\O)c2csc(C)c2)CC1. The maximum atomic E-state index is 9.32. The van der Waals surface area contributed by atoms with E-state index in [1.54, 1.807) is 18.4 Å². The van der Waals surface area contributed by atoms with Crippen LogP contribution in [0.15, 0.2) is 40.9 Å². The van der Waals surface area contributed by atoms with Crippen LogP contribution in [0, 0.1) is 6.92 Å². The molecule has 1 saturated heterocycles. The maximum Gasteiger partial charge on any atom is 0.142 e. The Morgan fingerprint density at radius 3 is 2.64 bits per heavy atom. The summed E-state index contributed by atoms with van der Waals surface area (Å²) in [5.41, 5.74) is 2.98. The molecule has 5 nitrogen and oxygen atoms in total. The van der Waals surface area contributed by atoms with Gasteiger partial charge in [-0.1, -0.05) is 17.3 Å². The van der Waals surface area contributed by atoms with Crippen LogP contribution in [0.3, 0.4) is 0 Å². The first-order valence-electron chi connectivity index (χ1n) is 8.58. The first-order valence-corrected chi connectivity index (χ1v) is 9.46. The minimum Gasteiger partial charge on any atom is -0.495 e. The molecule has 0 bridgehead atoms. The predicted molar refractivity (Wildman–Crippen MR) is 104 cm³/mol. The van der Waals surface area contributed by atoms with Crippen LogP contribution in [0.5, 0.6) is 5.75 Å². The van der Waals surface area contributed by atoms with Gasteiger partial charge in [-0.15, -0.1) is 11.3 Å². The fourth-order valence-corrected chi connectivity index (χ4v) is 3.93. The van der Waals surface area contributed by atoms with E-state index < -0.39 is 0 Å². The van der Waals surface area contributed by atoms with Gasteiger partial charge in [0.15, 0.2) is 0 Å². The number of hydrogen-bond acceptors (Lipinski definition) is 6. The normalized spacial score (nSPS) is 16.2. The Balaban J connectivity index is 1.52. The number of nitrogens with zero attached hydrogens (tertiary/aromatic N) is 3. The summed E-state index contributed by atoms with van der Waals surface area (Å²) in [4.78, 5) is 6.04. The summed E-state index contributed by atoms with van der Waals surface area (Å²) in [7, 11) is 1.72. The number of ether oxygens (including phenoxy) is 1. The minimum absolute atomic E-state index is 0.765. The Hall–Kier alpha value is -2.05. The topological polar surface area (TPSA) is 48.3 Å². The molecule has 1 aliphatic heterocycles. The van der Waals surface area contributed by atoms with Crippen molar-refractivity contribution in [1.29, 1.82) is 0 Å². The molecule has 6 heteroatoms. The largest absolute Gasteiger partial charge is 0.495 e. The number of methoxy groups -OCH3 is 1. The molecule has 134 valence electrons. The van der Waals surface area contributed by atoms with Crippen LogP contribution < -0.4 is 9.64 Å². The van der Waals surface area contributed by atoms with Gasteiger partial charge in [0.1, 0.15) is 5.75 Å².